The summed E-state index contributed by atoms with van der Waals surface area (Å²) in [5, 5.41) is 3.60. The lowest BCUT2D eigenvalue weighted by Gasteiger charge is -2.25. The number of para-hydroxylation sites is 1. The monoisotopic (exact) mass is 325 g/mol. The summed E-state index contributed by atoms with van der Waals surface area (Å²) in [6.45, 7) is 6.51. The fourth-order valence-electron chi connectivity index (χ4n) is 2.56. The molecule has 1 N–H and O–H groups in total. The highest BCUT2D eigenvalue weighted by Gasteiger charge is 2.11. The van der Waals surface area contributed by atoms with E-state index in [-0.39, 0.29) is 0 Å². The quantitative estimate of drug-likeness (QED) is 0.504. The van der Waals surface area contributed by atoms with E-state index < -0.39 is 0 Å². The highest BCUT2D eigenvalue weighted by molar-refractivity contribution is 5.62. The van der Waals surface area contributed by atoms with Crippen molar-refractivity contribution in [3.05, 3.63) is 48.5 Å². The van der Waals surface area contributed by atoms with Crippen LogP contribution >= 0.6 is 0 Å². The van der Waals surface area contributed by atoms with Gasteiger partial charge in [-0.05, 0) is 37.1 Å². The van der Waals surface area contributed by atoms with Crippen LogP contribution in [0.3, 0.4) is 0 Å². The number of ether oxygens (including phenoxy) is 1. The molecular formula is C20H27N3O. The number of unbranched alkanes of at least 4 members (excludes halogenated alkanes) is 2. The number of nitrogens with zero attached hydrogens (tertiary/aromatic N) is 2. The average Bonchev–Trinajstić information content (AvgIpc) is 2.63. The summed E-state index contributed by atoms with van der Waals surface area (Å²) in [7, 11) is 0. The Morgan fingerprint density at radius 1 is 0.958 bits per heavy atom. The third-order valence-electron chi connectivity index (χ3n) is 3.96. The molecule has 4 heteroatoms. The first-order valence-corrected chi connectivity index (χ1v) is 8.77. The van der Waals surface area contributed by atoms with Crippen LogP contribution in [0.1, 0.15) is 39.5 Å². The highest BCUT2D eigenvalue weighted by Crippen LogP contribution is 2.35. The molecule has 0 unspecified atom stereocenters. The van der Waals surface area contributed by atoms with E-state index >= 15 is 0 Å². The number of hydrogen-bond acceptors (Lipinski definition) is 4. The Kier molecular flexibility index (Phi) is 7.27. The van der Waals surface area contributed by atoms with E-state index in [0.717, 1.165) is 24.5 Å². The maximum Gasteiger partial charge on any atom is 0.156 e. The van der Waals surface area contributed by atoms with Crippen LogP contribution in [0.25, 0.3) is 0 Å². The number of anilines is 1. The molecule has 0 saturated carbocycles. The molecule has 0 aliphatic carbocycles. The Bertz CT molecular complexity index is 620. The zero-order valence-corrected chi connectivity index (χ0v) is 14.7. The minimum Gasteiger partial charge on any atom is -0.455 e. The van der Waals surface area contributed by atoms with Crippen molar-refractivity contribution in [2.24, 2.45) is 5.11 Å². The van der Waals surface area contributed by atoms with Gasteiger partial charge in [-0.3, -0.25) is 0 Å². The van der Waals surface area contributed by atoms with Crippen molar-refractivity contribution in [1.29, 1.82) is 5.53 Å². The Morgan fingerprint density at radius 3 is 2.21 bits per heavy atom. The molecule has 0 aromatic heterocycles. The van der Waals surface area contributed by atoms with Crippen molar-refractivity contribution in [1.82, 2.24) is 0 Å². The second-order valence-corrected chi connectivity index (χ2v) is 5.87. The summed E-state index contributed by atoms with van der Waals surface area (Å²) >= 11 is 0. The van der Waals surface area contributed by atoms with Gasteiger partial charge in [-0.15, -0.1) is 0 Å². The van der Waals surface area contributed by atoms with E-state index in [9.17, 15) is 0 Å². The molecule has 4 nitrogen and oxygen atoms in total. The summed E-state index contributed by atoms with van der Waals surface area (Å²) in [6, 6.07) is 15.6. The molecule has 0 radical (unpaired) electrons. The first-order chi connectivity index (χ1) is 11.8. The number of benzene rings is 2. The first kappa shape index (κ1) is 18.0. The normalized spacial score (nSPS) is 10.4. The number of hydrogen-bond donors (Lipinski definition) is 1. The van der Waals surface area contributed by atoms with E-state index in [2.05, 4.69) is 23.9 Å². The second kappa shape index (κ2) is 9.71. The standard InChI is InChI=1S/C20H27N3O/c1-3-5-14-23(15-6-4-2)17-12-13-19(22-21)20(16-17)24-18-10-8-7-9-11-18/h7-13,16,21H,3-6,14-15H2,1-2H3. The van der Waals surface area contributed by atoms with E-state index in [1.807, 2.05) is 48.5 Å². The number of nitrogens with one attached hydrogen (secondary N) is 1. The lowest BCUT2D eigenvalue weighted by Crippen LogP contribution is -2.25. The van der Waals surface area contributed by atoms with Crippen molar-refractivity contribution in [3.63, 3.8) is 0 Å². The Morgan fingerprint density at radius 2 is 1.62 bits per heavy atom. The third-order valence-corrected chi connectivity index (χ3v) is 3.96. The van der Waals surface area contributed by atoms with Crippen molar-refractivity contribution in [2.75, 3.05) is 18.0 Å². The van der Waals surface area contributed by atoms with Crippen molar-refractivity contribution >= 4 is 11.4 Å². The Hall–Kier alpha value is -2.36. The van der Waals surface area contributed by atoms with Crippen LogP contribution in [0, 0.1) is 5.53 Å². The van der Waals surface area contributed by atoms with Crippen molar-refractivity contribution < 1.29 is 4.74 Å². The van der Waals surface area contributed by atoms with Gasteiger partial charge in [0.15, 0.2) is 5.75 Å². The van der Waals surface area contributed by atoms with Gasteiger partial charge in [0.05, 0.1) is 0 Å². The summed E-state index contributed by atoms with van der Waals surface area (Å²) in [5.74, 6) is 1.39. The molecule has 0 spiro atoms. The highest BCUT2D eigenvalue weighted by atomic mass is 16.5. The van der Waals surface area contributed by atoms with Gasteiger partial charge in [0.25, 0.3) is 0 Å². The van der Waals surface area contributed by atoms with Gasteiger partial charge >= 0.3 is 0 Å². The molecule has 0 aliphatic rings. The zero-order chi connectivity index (χ0) is 17.2. The molecule has 2 aromatic carbocycles. The van der Waals surface area contributed by atoms with Crippen LogP contribution in [0.4, 0.5) is 11.4 Å². The maximum atomic E-state index is 7.38. The fraction of sp³-hybridized carbons (Fsp3) is 0.400. The predicted octanol–water partition coefficient (Wildman–Crippen LogP) is 6.55. The minimum atomic E-state index is 0.550. The van der Waals surface area contributed by atoms with Crippen molar-refractivity contribution in [3.8, 4) is 11.5 Å². The van der Waals surface area contributed by atoms with Gasteiger partial charge in [-0.1, -0.05) is 44.9 Å². The van der Waals surface area contributed by atoms with Gasteiger partial charge in [-0.2, -0.15) is 5.11 Å². The van der Waals surface area contributed by atoms with E-state index in [1.165, 1.54) is 25.7 Å². The molecule has 0 bridgehead atoms. The SMILES string of the molecule is CCCCN(CCCC)c1ccc(N=N)c(Oc2ccccc2)c1. The van der Waals surface area contributed by atoms with Crippen LogP contribution < -0.4 is 9.64 Å². The van der Waals surface area contributed by atoms with E-state index in [4.69, 9.17) is 10.3 Å². The lowest BCUT2D eigenvalue weighted by atomic mass is 10.2. The summed E-state index contributed by atoms with van der Waals surface area (Å²) in [4.78, 5) is 2.40. The van der Waals surface area contributed by atoms with Gasteiger partial charge in [0.1, 0.15) is 11.4 Å². The average molecular weight is 325 g/mol. The Balaban J connectivity index is 2.25. The molecule has 0 heterocycles. The van der Waals surface area contributed by atoms with E-state index in [0.29, 0.717) is 11.4 Å². The van der Waals surface area contributed by atoms with Crippen molar-refractivity contribution in [2.45, 2.75) is 39.5 Å². The van der Waals surface area contributed by atoms with Crippen LogP contribution in [0.15, 0.2) is 53.6 Å². The molecule has 0 atom stereocenters. The molecule has 128 valence electrons. The fourth-order valence-corrected chi connectivity index (χ4v) is 2.56. The third kappa shape index (κ3) is 5.08. The molecule has 2 aromatic rings. The van der Waals surface area contributed by atoms with Gasteiger partial charge < -0.3 is 9.64 Å². The summed E-state index contributed by atoms with van der Waals surface area (Å²) in [5.41, 5.74) is 9.07. The molecule has 0 saturated heterocycles. The topological polar surface area (TPSA) is 48.7 Å². The van der Waals surface area contributed by atoms with E-state index in [1.54, 1.807) is 0 Å². The first-order valence-electron chi connectivity index (χ1n) is 8.77. The predicted molar refractivity (Wildman–Crippen MR) is 99.8 cm³/mol. The minimum absolute atomic E-state index is 0.550. The Labute approximate surface area is 145 Å². The van der Waals surface area contributed by atoms with Crippen LogP contribution in [-0.2, 0) is 0 Å². The number of rotatable bonds is 10. The van der Waals surface area contributed by atoms with Crippen LogP contribution in [0.5, 0.6) is 11.5 Å². The molecule has 0 aliphatic heterocycles. The molecule has 0 fully saturated rings. The molecule has 2 rings (SSSR count). The van der Waals surface area contributed by atoms with Gasteiger partial charge in [-0.25, -0.2) is 5.53 Å². The molecule has 0 amide bonds. The summed E-state index contributed by atoms with van der Waals surface area (Å²) < 4.78 is 5.96. The zero-order valence-electron chi connectivity index (χ0n) is 14.7. The largest absolute Gasteiger partial charge is 0.455 e. The molecule has 24 heavy (non-hydrogen) atoms. The van der Waals surface area contributed by atoms with Crippen LogP contribution in [-0.4, -0.2) is 13.1 Å². The van der Waals surface area contributed by atoms with Crippen LogP contribution in [0.2, 0.25) is 0 Å². The van der Waals surface area contributed by atoms with Gasteiger partial charge in [0.2, 0.25) is 0 Å². The lowest BCUT2D eigenvalue weighted by molar-refractivity contribution is 0.483. The molecular weight excluding hydrogens is 298 g/mol. The summed E-state index contributed by atoms with van der Waals surface area (Å²) in [6.07, 6.45) is 4.69. The smallest absolute Gasteiger partial charge is 0.156 e. The second-order valence-electron chi connectivity index (χ2n) is 5.87. The maximum absolute atomic E-state index is 7.38. The van der Waals surface area contributed by atoms with Gasteiger partial charge in [0, 0.05) is 24.8 Å².